The number of thiophene rings is 1. The smallest absolute Gasteiger partial charge is 0.126 e. The van der Waals surface area contributed by atoms with Crippen LogP contribution in [-0.4, -0.2) is 6.04 Å². The summed E-state index contributed by atoms with van der Waals surface area (Å²) >= 11 is 7.66. The van der Waals surface area contributed by atoms with E-state index in [0.717, 1.165) is 16.5 Å². The maximum absolute atomic E-state index is 6.06. The standard InChI is InChI=1S/C15H20ClNOS/c1-4-11(10(2)3)17-15(12-6-5-9-18-12)13-7-8-14(16)19-13/h5-11,15,17H,4H2,1-3H3. The van der Waals surface area contributed by atoms with Crippen molar-refractivity contribution in [1.82, 2.24) is 5.32 Å². The fourth-order valence-electron chi connectivity index (χ4n) is 2.24. The molecule has 2 rings (SSSR count). The normalized spacial score (nSPS) is 14.8. The predicted octanol–water partition coefficient (Wildman–Crippen LogP) is 5.11. The monoisotopic (exact) mass is 297 g/mol. The summed E-state index contributed by atoms with van der Waals surface area (Å²) in [5.74, 6) is 1.52. The van der Waals surface area contributed by atoms with E-state index in [0.29, 0.717) is 12.0 Å². The molecule has 0 saturated heterocycles. The van der Waals surface area contributed by atoms with Gasteiger partial charge in [-0.05, 0) is 36.6 Å². The van der Waals surface area contributed by atoms with E-state index >= 15 is 0 Å². The zero-order valence-corrected chi connectivity index (χ0v) is 13.1. The van der Waals surface area contributed by atoms with E-state index in [2.05, 4.69) is 32.2 Å². The lowest BCUT2D eigenvalue weighted by molar-refractivity contribution is 0.341. The highest BCUT2D eigenvalue weighted by Crippen LogP contribution is 2.32. The molecule has 2 aromatic rings. The molecule has 2 atom stereocenters. The fourth-order valence-corrected chi connectivity index (χ4v) is 3.37. The van der Waals surface area contributed by atoms with Crippen LogP contribution in [-0.2, 0) is 0 Å². The van der Waals surface area contributed by atoms with Crippen molar-refractivity contribution in [2.45, 2.75) is 39.3 Å². The van der Waals surface area contributed by atoms with Crippen molar-refractivity contribution in [3.63, 3.8) is 0 Å². The Balaban J connectivity index is 2.25. The first-order valence-corrected chi connectivity index (χ1v) is 7.86. The Kier molecular flexibility index (Phi) is 5.08. The van der Waals surface area contributed by atoms with E-state index in [-0.39, 0.29) is 6.04 Å². The van der Waals surface area contributed by atoms with Crippen LogP contribution in [0, 0.1) is 5.92 Å². The van der Waals surface area contributed by atoms with Crippen LogP contribution in [0.3, 0.4) is 0 Å². The van der Waals surface area contributed by atoms with Gasteiger partial charge in [0.1, 0.15) is 11.8 Å². The molecule has 0 aromatic carbocycles. The van der Waals surface area contributed by atoms with Crippen LogP contribution in [0.1, 0.15) is 43.9 Å². The molecule has 4 heteroatoms. The highest BCUT2D eigenvalue weighted by molar-refractivity contribution is 7.16. The molecule has 0 bridgehead atoms. The lowest BCUT2D eigenvalue weighted by Crippen LogP contribution is -2.36. The Morgan fingerprint density at radius 2 is 2.11 bits per heavy atom. The summed E-state index contributed by atoms with van der Waals surface area (Å²) in [4.78, 5) is 1.19. The largest absolute Gasteiger partial charge is 0.467 e. The molecule has 2 aromatic heterocycles. The van der Waals surface area contributed by atoms with Gasteiger partial charge < -0.3 is 4.42 Å². The highest BCUT2D eigenvalue weighted by atomic mass is 35.5. The third-order valence-electron chi connectivity index (χ3n) is 3.33. The molecular formula is C15H20ClNOS. The Labute approximate surface area is 123 Å². The Bertz CT molecular complexity index is 492. The lowest BCUT2D eigenvalue weighted by Gasteiger charge is -2.26. The molecule has 2 nitrogen and oxygen atoms in total. The second-order valence-electron chi connectivity index (χ2n) is 5.02. The first-order valence-electron chi connectivity index (χ1n) is 6.66. The highest BCUT2D eigenvalue weighted by Gasteiger charge is 2.23. The minimum absolute atomic E-state index is 0.0832. The van der Waals surface area contributed by atoms with E-state index < -0.39 is 0 Å². The summed E-state index contributed by atoms with van der Waals surface area (Å²) in [6.07, 6.45) is 2.81. The van der Waals surface area contributed by atoms with Gasteiger partial charge in [-0.15, -0.1) is 11.3 Å². The summed E-state index contributed by atoms with van der Waals surface area (Å²) in [6.45, 7) is 6.68. The Morgan fingerprint density at radius 1 is 1.32 bits per heavy atom. The molecule has 0 spiro atoms. The molecule has 0 aliphatic rings. The van der Waals surface area contributed by atoms with E-state index in [4.69, 9.17) is 16.0 Å². The SMILES string of the molecule is CCC(NC(c1ccco1)c1ccc(Cl)s1)C(C)C. The topological polar surface area (TPSA) is 25.2 Å². The van der Waals surface area contributed by atoms with Crippen LogP contribution in [0.5, 0.6) is 0 Å². The number of halogens is 1. The maximum atomic E-state index is 6.06. The summed E-state index contributed by atoms with van der Waals surface area (Å²) < 4.78 is 6.40. The molecule has 0 aliphatic heterocycles. The molecule has 1 N–H and O–H groups in total. The molecule has 0 amide bonds. The first kappa shape index (κ1) is 14.6. The van der Waals surface area contributed by atoms with Crippen molar-refractivity contribution in [1.29, 1.82) is 0 Å². The molecule has 0 fully saturated rings. The molecule has 0 saturated carbocycles. The van der Waals surface area contributed by atoms with E-state index in [1.165, 1.54) is 4.88 Å². The van der Waals surface area contributed by atoms with Gasteiger partial charge >= 0.3 is 0 Å². The molecule has 2 heterocycles. The van der Waals surface area contributed by atoms with Crippen molar-refractivity contribution in [2.24, 2.45) is 5.92 Å². The van der Waals surface area contributed by atoms with Gasteiger partial charge in [-0.3, -0.25) is 5.32 Å². The van der Waals surface area contributed by atoms with Crippen molar-refractivity contribution in [3.8, 4) is 0 Å². The van der Waals surface area contributed by atoms with Crippen molar-refractivity contribution >= 4 is 22.9 Å². The van der Waals surface area contributed by atoms with Gasteiger partial charge in [-0.1, -0.05) is 32.4 Å². The third kappa shape index (κ3) is 3.62. The quantitative estimate of drug-likeness (QED) is 0.801. The van der Waals surface area contributed by atoms with Gasteiger partial charge in [-0.2, -0.15) is 0 Å². The van der Waals surface area contributed by atoms with Gasteiger partial charge in [0.25, 0.3) is 0 Å². The summed E-state index contributed by atoms with van der Waals surface area (Å²) in [6, 6.07) is 8.49. The maximum Gasteiger partial charge on any atom is 0.126 e. The van der Waals surface area contributed by atoms with Crippen LogP contribution < -0.4 is 5.32 Å². The van der Waals surface area contributed by atoms with E-state index in [1.54, 1.807) is 17.6 Å². The van der Waals surface area contributed by atoms with Crippen molar-refractivity contribution in [3.05, 3.63) is 45.5 Å². The van der Waals surface area contributed by atoms with Gasteiger partial charge in [0.05, 0.1) is 10.6 Å². The minimum atomic E-state index is 0.0832. The number of furan rings is 1. The molecular weight excluding hydrogens is 278 g/mol. The molecule has 104 valence electrons. The average Bonchev–Trinajstić information content (AvgIpc) is 3.01. The van der Waals surface area contributed by atoms with Gasteiger partial charge in [-0.25, -0.2) is 0 Å². The van der Waals surface area contributed by atoms with E-state index in [1.807, 2.05) is 18.2 Å². The fraction of sp³-hybridized carbons (Fsp3) is 0.467. The number of rotatable bonds is 6. The van der Waals surface area contributed by atoms with Crippen LogP contribution in [0.4, 0.5) is 0 Å². The molecule has 0 aliphatic carbocycles. The summed E-state index contributed by atoms with van der Waals surface area (Å²) in [5, 5.41) is 3.69. The van der Waals surface area contributed by atoms with Gasteiger partial charge in [0.2, 0.25) is 0 Å². The molecule has 19 heavy (non-hydrogen) atoms. The zero-order chi connectivity index (χ0) is 13.8. The van der Waals surface area contributed by atoms with Crippen molar-refractivity contribution < 1.29 is 4.42 Å². The average molecular weight is 298 g/mol. The van der Waals surface area contributed by atoms with Crippen molar-refractivity contribution in [2.75, 3.05) is 0 Å². The number of hydrogen-bond donors (Lipinski definition) is 1. The molecule has 2 unspecified atom stereocenters. The van der Waals surface area contributed by atoms with Gasteiger partial charge in [0, 0.05) is 10.9 Å². The minimum Gasteiger partial charge on any atom is -0.467 e. The van der Waals surface area contributed by atoms with E-state index in [9.17, 15) is 0 Å². The van der Waals surface area contributed by atoms with Crippen LogP contribution in [0.15, 0.2) is 34.9 Å². The molecule has 0 radical (unpaired) electrons. The lowest BCUT2D eigenvalue weighted by atomic mass is 10.00. The van der Waals surface area contributed by atoms with Gasteiger partial charge in [0.15, 0.2) is 0 Å². The first-order chi connectivity index (χ1) is 9.11. The van der Waals surface area contributed by atoms with Crippen LogP contribution in [0.25, 0.3) is 0 Å². The Hall–Kier alpha value is -0.770. The Morgan fingerprint density at radius 3 is 2.58 bits per heavy atom. The second-order valence-corrected chi connectivity index (χ2v) is 6.76. The third-order valence-corrected chi connectivity index (χ3v) is 4.63. The van der Waals surface area contributed by atoms with Crippen LogP contribution in [0.2, 0.25) is 4.34 Å². The summed E-state index contributed by atoms with van der Waals surface area (Å²) in [5.41, 5.74) is 0. The number of hydrogen-bond acceptors (Lipinski definition) is 3. The second kappa shape index (κ2) is 6.60. The summed E-state index contributed by atoms with van der Waals surface area (Å²) in [7, 11) is 0. The van der Waals surface area contributed by atoms with Crippen LogP contribution >= 0.6 is 22.9 Å². The predicted molar refractivity (Wildman–Crippen MR) is 81.9 cm³/mol. The number of nitrogens with one attached hydrogen (secondary N) is 1. The zero-order valence-electron chi connectivity index (χ0n) is 11.5.